The van der Waals surface area contributed by atoms with Crippen molar-refractivity contribution in [2.24, 2.45) is 0 Å². The molecule has 1 heterocycles. The number of hydrogen-bond acceptors (Lipinski definition) is 3. The molecule has 4 heteroatoms. The topological polar surface area (TPSA) is 56.7 Å². The molecule has 2 aromatic rings. The minimum atomic E-state index is 0.756. The first-order valence-electron chi connectivity index (χ1n) is 4.56. The summed E-state index contributed by atoms with van der Waals surface area (Å²) >= 11 is 0. The van der Waals surface area contributed by atoms with Gasteiger partial charge in [0.15, 0.2) is 0 Å². The minimum Gasteiger partial charge on any atom is -0.399 e. The van der Waals surface area contributed by atoms with Gasteiger partial charge in [0.25, 0.3) is 0 Å². The molecule has 72 valence electrons. The fraction of sp³-hybridized carbons (Fsp3) is 0.200. The van der Waals surface area contributed by atoms with E-state index in [1.165, 1.54) is 0 Å². The van der Waals surface area contributed by atoms with Gasteiger partial charge < -0.3 is 5.73 Å². The Morgan fingerprint density at radius 1 is 1.29 bits per heavy atom. The summed E-state index contributed by atoms with van der Waals surface area (Å²) in [5.41, 5.74) is 8.45. The van der Waals surface area contributed by atoms with Crippen LogP contribution in [0.4, 0.5) is 5.69 Å². The molecule has 0 unspecified atom stereocenters. The van der Waals surface area contributed by atoms with Crippen LogP contribution in [0, 0.1) is 0 Å². The van der Waals surface area contributed by atoms with E-state index in [9.17, 15) is 0 Å². The number of anilines is 1. The van der Waals surface area contributed by atoms with Crippen molar-refractivity contribution in [3.05, 3.63) is 36.2 Å². The molecule has 2 N–H and O–H groups in total. The van der Waals surface area contributed by atoms with Crippen LogP contribution in [0.3, 0.4) is 0 Å². The number of benzene rings is 1. The normalized spacial score (nSPS) is 10.4. The number of hydrogen-bond donors (Lipinski definition) is 1. The highest BCUT2D eigenvalue weighted by molar-refractivity contribution is 5.44. The summed E-state index contributed by atoms with van der Waals surface area (Å²) in [5.74, 6) is 0. The third-order valence-corrected chi connectivity index (χ3v) is 2.12. The van der Waals surface area contributed by atoms with E-state index in [0.29, 0.717) is 0 Å². The second-order valence-electron chi connectivity index (χ2n) is 3.08. The maximum Gasteiger partial charge on any atom is 0.0729 e. The van der Waals surface area contributed by atoms with Crippen molar-refractivity contribution in [2.75, 3.05) is 5.73 Å². The summed E-state index contributed by atoms with van der Waals surface area (Å²) in [5, 5.41) is 7.89. The molecule has 0 fully saturated rings. The molecular formula is C10H12N4. The van der Waals surface area contributed by atoms with Gasteiger partial charge in [0.1, 0.15) is 0 Å². The van der Waals surface area contributed by atoms with Crippen LogP contribution in [0.5, 0.6) is 0 Å². The molecule has 0 atom stereocenters. The van der Waals surface area contributed by atoms with Gasteiger partial charge in [-0.1, -0.05) is 12.1 Å². The first-order chi connectivity index (χ1) is 6.81. The molecule has 1 aromatic heterocycles. The van der Waals surface area contributed by atoms with E-state index < -0.39 is 0 Å². The lowest BCUT2D eigenvalue weighted by molar-refractivity contribution is 0.767. The first kappa shape index (κ1) is 8.74. The Balaban J connectivity index is 2.44. The molecular weight excluding hydrogens is 176 g/mol. The van der Waals surface area contributed by atoms with E-state index >= 15 is 0 Å². The molecule has 2 rings (SSSR count). The van der Waals surface area contributed by atoms with E-state index in [-0.39, 0.29) is 0 Å². The number of nitrogens with zero attached hydrogens (tertiary/aromatic N) is 3. The van der Waals surface area contributed by atoms with E-state index in [4.69, 9.17) is 5.73 Å². The van der Waals surface area contributed by atoms with Crippen LogP contribution in [0.2, 0.25) is 0 Å². The largest absolute Gasteiger partial charge is 0.399 e. The van der Waals surface area contributed by atoms with Gasteiger partial charge in [-0.05, 0) is 30.7 Å². The smallest absolute Gasteiger partial charge is 0.0729 e. The lowest BCUT2D eigenvalue weighted by Gasteiger charge is -2.03. The average molecular weight is 188 g/mol. The van der Waals surface area contributed by atoms with Gasteiger partial charge in [-0.2, -0.15) is 0 Å². The maximum absolute atomic E-state index is 5.61. The van der Waals surface area contributed by atoms with Crippen molar-refractivity contribution in [1.82, 2.24) is 15.0 Å². The predicted molar refractivity (Wildman–Crippen MR) is 55.1 cm³/mol. The molecule has 0 saturated carbocycles. The Morgan fingerprint density at radius 3 is 2.64 bits per heavy atom. The van der Waals surface area contributed by atoms with Gasteiger partial charge in [0.05, 0.1) is 17.6 Å². The molecule has 0 amide bonds. The Bertz CT molecular complexity index is 416. The number of rotatable bonds is 2. The Hall–Kier alpha value is -1.84. The van der Waals surface area contributed by atoms with Crippen molar-refractivity contribution in [2.45, 2.75) is 13.3 Å². The molecule has 0 bridgehead atoms. The molecule has 4 nitrogen and oxygen atoms in total. The molecule has 0 aliphatic rings. The van der Waals surface area contributed by atoms with Crippen LogP contribution in [0.25, 0.3) is 5.69 Å². The molecule has 0 aliphatic heterocycles. The van der Waals surface area contributed by atoms with Crippen molar-refractivity contribution < 1.29 is 0 Å². The van der Waals surface area contributed by atoms with Gasteiger partial charge >= 0.3 is 0 Å². The van der Waals surface area contributed by atoms with Crippen LogP contribution < -0.4 is 5.73 Å². The number of nitrogens with two attached hydrogens (primary N) is 1. The van der Waals surface area contributed by atoms with Crippen molar-refractivity contribution in [3.8, 4) is 5.69 Å². The summed E-state index contributed by atoms with van der Waals surface area (Å²) in [6.45, 7) is 2.08. The van der Waals surface area contributed by atoms with Crippen molar-refractivity contribution in [1.29, 1.82) is 0 Å². The summed E-state index contributed by atoms with van der Waals surface area (Å²) in [6.07, 6.45) is 2.69. The SMILES string of the molecule is CCc1cnnn1-c1ccc(N)cc1. The van der Waals surface area contributed by atoms with Crippen LogP contribution >= 0.6 is 0 Å². The van der Waals surface area contributed by atoms with Crippen LogP contribution in [0.15, 0.2) is 30.5 Å². The minimum absolute atomic E-state index is 0.756. The summed E-state index contributed by atoms with van der Waals surface area (Å²) in [4.78, 5) is 0. The zero-order valence-electron chi connectivity index (χ0n) is 8.01. The second-order valence-corrected chi connectivity index (χ2v) is 3.08. The fourth-order valence-corrected chi connectivity index (χ4v) is 1.33. The lowest BCUT2D eigenvalue weighted by Crippen LogP contribution is -2.01. The Morgan fingerprint density at radius 2 is 2.00 bits per heavy atom. The third kappa shape index (κ3) is 1.46. The molecule has 0 saturated heterocycles. The number of aromatic nitrogens is 3. The van der Waals surface area contributed by atoms with E-state index in [0.717, 1.165) is 23.5 Å². The summed E-state index contributed by atoms with van der Waals surface area (Å²) in [7, 11) is 0. The lowest BCUT2D eigenvalue weighted by atomic mass is 10.2. The van der Waals surface area contributed by atoms with E-state index in [1.807, 2.05) is 28.9 Å². The van der Waals surface area contributed by atoms with Gasteiger partial charge in [-0.3, -0.25) is 0 Å². The Kier molecular flexibility index (Phi) is 2.18. The highest BCUT2D eigenvalue weighted by Gasteiger charge is 2.02. The summed E-state index contributed by atoms with van der Waals surface area (Å²) < 4.78 is 1.82. The van der Waals surface area contributed by atoms with Gasteiger partial charge in [0.2, 0.25) is 0 Å². The highest BCUT2D eigenvalue weighted by atomic mass is 15.4. The molecule has 14 heavy (non-hydrogen) atoms. The van der Waals surface area contributed by atoms with Gasteiger partial charge in [-0.25, -0.2) is 4.68 Å². The monoisotopic (exact) mass is 188 g/mol. The van der Waals surface area contributed by atoms with Crippen molar-refractivity contribution >= 4 is 5.69 Å². The third-order valence-electron chi connectivity index (χ3n) is 2.12. The highest BCUT2D eigenvalue weighted by Crippen LogP contribution is 2.11. The average Bonchev–Trinajstić information content (AvgIpc) is 2.67. The fourth-order valence-electron chi connectivity index (χ4n) is 1.33. The molecule has 1 aromatic carbocycles. The Labute approximate surface area is 82.4 Å². The molecule has 0 spiro atoms. The standard InChI is InChI=1S/C10H12N4/c1-2-9-7-12-13-14(9)10-5-3-8(11)4-6-10/h3-7H,2,11H2,1H3. The van der Waals surface area contributed by atoms with Gasteiger partial charge in [0, 0.05) is 5.69 Å². The zero-order chi connectivity index (χ0) is 9.97. The first-order valence-corrected chi connectivity index (χ1v) is 4.56. The number of aryl methyl sites for hydroxylation is 1. The van der Waals surface area contributed by atoms with E-state index in [2.05, 4.69) is 17.2 Å². The van der Waals surface area contributed by atoms with Crippen molar-refractivity contribution in [3.63, 3.8) is 0 Å². The predicted octanol–water partition coefficient (Wildman–Crippen LogP) is 1.41. The maximum atomic E-state index is 5.61. The van der Waals surface area contributed by atoms with E-state index in [1.54, 1.807) is 6.20 Å². The van der Waals surface area contributed by atoms with Crippen LogP contribution in [0.1, 0.15) is 12.6 Å². The van der Waals surface area contributed by atoms with Crippen LogP contribution in [-0.4, -0.2) is 15.0 Å². The number of nitrogen functional groups attached to an aromatic ring is 1. The molecule has 0 radical (unpaired) electrons. The summed E-state index contributed by atoms with van der Waals surface area (Å²) in [6, 6.07) is 7.58. The zero-order valence-corrected chi connectivity index (χ0v) is 8.01. The van der Waals surface area contributed by atoms with Gasteiger partial charge in [-0.15, -0.1) is 5.10 Å². The van der Waals surface area contributed by atoms with Crippen LogP contribution in [-0.2, 0) is 6.42 Å². The quantitative estimate of drug-likeness (QED) is 0.725. The second kappa shape index (κ2) is 3.49. The molecule has 0 aliphatic carbocycles.